The molecular formula is C26H35N7O6. The Labute approximate surface area is 226 Å². The van der Waals surface area contributed by atoms with Crippen LogP contribution >= 0.6 is 0 Å². The van der Waals surface area contributed by atoms with E-state index in [9.17, 15) is 24.8 Å². The van der Waals surface area contributed by atoms with Crippen LogP contribution < -0.4 is 5.73 Å². The summed E-state index contributed by atoms with van der Waals surface area (Å²) in [6.45, 7) is 6.09. The van der Waals surface area contributed by atoms with Crippen LogP contribution in [0.2, 0.25) is 0 Å². The lowest BCUT2D eigenvalue weighted by Gasteiger charge is -2.32. The number of amides is 1. The number of unbranched alkanes of at least 4 members (excludes halogenated alkanes) is 1. The van der Waals surface area contributed by atoms with E-state index in [0.717, 1.165) is 35.1 Å². The highest BCUT2D eigenvalue weighted by atomic mass is 16.9. The molecule has 13 nitrogen and oxygen atoms in total. The van der Waals surface area contributed by atoms with Crippen LogP contribution in [0.25, 0.3) is 22.5 Å². The van der Waals surface area contributed by atoms with Crippen LogP contribution in [0.1, 0.15) is 45.6 Å². The number of carbonyl (C=O) groups excluding carboxylic acids is 1. The van der Waals surface area contributed by atoms with Gasteiger partial charge in [0.2, 0.25) is 11.7 Å². The van der Waals surface area contributed by atoms with E-state index in [0.29, 0.717) is 12.2 Å². The molecule has 13 heteroatoms. The molecule has 4 N–H and O–H groups in total. The van der Waals surface area contributed by atoms with Crippen LogP contribution in [0, 0.1) is 16.0 Å². The molecule has 1 atom stereocenters. The highest BCUT2D eigenvalue weighted by Gasteiger charge is 2.32. The SMILES string of the molecule is CCCCC(=O)N(Cc1ccc(-c2ccccc2-c2nn[nH]n2)cc1)[C@H](C(=O)O)C(C)C.NCCO[N+](=O)[O-]. The number of carboxylic acid groups (broad SMARTS) is 1. The number of carboxylic acids is 1. The predicted molar refractivity (Wildman–Crippen MR) is 143 cm³/mol. The van der Waals surface area contributed by atoms with Gasteiger partial charge in [-0.05, 0) is 34.2 Å². The number of nitrogens with two attached hydrogens (primary N) is 1. The van der Waals surface area contributed by atoms with Crippen molar-refractivity contribution in [3.05, 3.63) is 64.2 Å². The molecule has 0 saturated heterocycles. The van der Waals surface area contributed by atoms with Crippen molar-refractivity contribution in [1.82, 2.24) is 25.5 Å². The van der Waals surface area contributed by atoms with E-state index in [1.165, 1.54) is 4.90 Å². The summed E-state index contributed by atoms with van der Waals surface area (Å²) in [5.41, 5.74) is 8.51. The van der Waals surface area contributed by atoms with Gasteiger partial charge in [-0.2, -0.15) is 5.21 Å². The summed E-state index contributed by atoms with van der Waals surface area (Å²) in [7, 11) is 0. The molecule has 0 unspecified atom stereocenters. The van der Waals surface area contributed by atoms with Gasteiger partial charge in [-0.15, -0.1) is 20.3 Å². The molecule has 0 fully saturated rings. The van der Waals surface area contributed by atoms with Crippen LogP contribution in [0.4, 0.5) is 0 Å². The lowest BCUT2D eigenvalue weighted by atomic mass is 9.97. The van der Waals surface area contributed by atoms with Crippen LogP contribution in [0.5, 0.6) is 0 Å². The first-order valence-corrected chi connectivity index (χ1v) is 12.6. The summed E-state index contributed by atoms with van der Waals surface area (Å²) in [6, 6.07) is 14.7. The third-order valence-electron chi connectivity index (χ3n) is 5.73. The average Bonchev–Trinajstić information content (AvgIpc) is 3.45. The Morgan fingerprint density at radius 2 is 1.82 bits per heavy atom. The monoisotopic (exact) mass is 541 g/mol. The average molecular weight is 542 g/mol. The smallest absolute Gasteiger partial charge is 0.326 e. The van der Waals surface area contributed by atoms with E-state index in [4.69, 9.17) is 5.73 Å². The number of nitrogens with zero attached hydrogens (tertiary/aromatic N) is 5. The van der Waals surface area contributed by atoms with Crippen molar-refractivity contribution in [3.63, 3.8) is 0 Å². The number of aromatic nitrogens is 4. The molecule has 0 saturated carbocycles. The topological polar surface area (TPSA) is 190 Å². The number of hydrogen-bond donors (Lipinski definition) is 3. The van der Waals surface area contributed by atoms with Crippen molar-refractivity contribution >= 4 is 11.9 Å². The van der Waals surface area contributed by atoms with Gasteiger partial charge in [-0.25, -0.2) is 4.79 Å². The first kappa shape index (κ1) is 30.8. The van der Waals surface area contributed by atoms with Crippen molar-refractivity contribution in [2.24, 2.45) is 11.7 Å². The van der Waals surface area contributed by atoms with Gasteiger partial charge in [-0.1, -0.05) is 75.7 Å². The van der Waals surface area contributed by atoms with Gasteiger partial charge < -0.3 is 20.6 Å². The van der Waals surface area contributed by atoms with Gasteiger partial charge in [0.25, 0.3) is 5.09 Å². The van der Waals surface area contributed by atoms with E-state index in [1.54, 1.807) is 0 Å². The Kier molecular flexibility index (Phi) is 12.5. The molecule has 3 aromatic rings. The largest absolute Gasteiger partial charge is 0.480 e. The highest BCUT2D eigenvalue weighted by Crippen LogP contribution is 2.30. The molecule has 210 valence electrons. The molecule has 0 radical (unpaired) electrons. The Morgan fingerprint density at radius 1 is 1.15 bits per heavy atom. The molecule has 1 heterocycles. The van der Waals surface area contributed by atoms with E-state index in [1.807, 2.05) is 69.3 Å². The zero-order valence-corrected chi connectivity index (χ0v) is 22.3. The van der Waals surface area contributed by atoms with Gasteiger partial charge in [0.05, 0.1) is 0 Å². The second-order valence-electron chi connectivity index (χ2n) is 8.98. The Morgan fingerprint density at radius 3 is 2.31 bits per heavy atom. The first-order valence-electron chi connectivity index (χ1n) is 12.6. The summed E-state index contributed by atoms with van der Waals surface area (Å²) < 4.78 is 0. The molecule has 1 aromatic heterocycles. The molecule has 2 aromatic carbocycles. The fraction of sp³-hybridized carbons (Fsp3) is 0.423. The van der Waals surface area contributed by atoms with E-state index < -0.39 is 17.1 Å². The van der Waals surface area contributed by atoms with Crippen molar-refractivity contribution in [2.75, 3.05) is 13.2 Å². The summed E-state index contributed by atoms with van der Waals surface area (Å²) in [5, 5.41) is 32.5. The number of aliphatic carboxylic acids is 1. The van der Waals surface area contributed by atoms with Gasteiger partial charge in [0.1, 0.15) is 12.6 Å². The summed E-state index contributed by atoms with van der Waals surface area (Å²) in [4.78, 5) is 39.4. The minimum Gasteiger partial charge on any atom is -0.480 e. The Balaban J connectivity index is 0.000000673. The minimum absolute atomic E-state index is 0.0208. The maximum atomic E-state index is 12.9. The van der Waals surface area contributed by atoms with E-state index in [-0.39, 0.29) is 31.5 Å². The van der Waals surface area contributed by atoms with Crippen molar-refractivity contribution in [1.29, 1.82) is 0 Å². The van der Waals surface area contributed by atoms with Crippen molar-refractivity contribution < 1.29 is 24.6 Å². The molecule has 1 amide bonds. The molecule has 3 rings (SSSR count). The van der Waals surface area contributed by atoms with Crippen molar-refractivity contribution in [2.45, 2.75) is 52.6 Å². The second-order valence-corrected chi connectivity index (χ2v) is 8.98. The van der Waals surface area contributed by atoms with Crippen LogP contribution in [-0.2, 0) is 21.0 Å². The minimum atomic E-state index is -0.976. The zero-order chi connectivity index (χ0) is 28.8. The fourth-order valence-corrected chi connectivity index (χ4v) is 3.91. The third kappa shape index (κ3) is 9.45. The van der Waals surface area contributed by atoms with E-state index in [2.05, 4.69) is 25.5 Å². The zero-order valence-electron chi connectivity index (χ0n) is 22.3. The third-order valence-corrected chi connectivity index (χ3v) is 5.73. The molecule has 0 aliphatic carbocycles. The van der Waals surface area contributed by atoms with Gasteiger partial charge >= 0.3 is 5.97 Å². The van der Waals surface area contributed by atoms with Crippen LogP contribution in [0.15, 0.2) is 48.5 Å². The molecule has 0 bridgehead atoms. The maximum absolute atomic E-state index is 12.9. The predicted octanol–water partition coefficient (Wildman–Crippen LogP) is 3.32. The van der Waals surface area contributed by atoms with Crippen molar-refractivity contribution in [3.8, 4) is 22.5 Å². The van der Waals surface area contributed by atoms with Gasteiger partial charge in [0, 0.05) is 25.1 Å². The Hall–Kier alpha value is -4.39. The van der Waals surface area contributed by atoms with E-state index >= 15 is 0 Å². The van der Waals surface area contributed by atoms with Gasteiger partial charge in [0.15, 0.2) is 0 Å². The number of benzene rings is 2. The lowest BCUT2D eigenvalue weighted by molar-refractivity contribution is -0.757. The molecule has 0 spiro atoms. The number of aromatic amines is 1. The maximum Gasteiger partial charge on any atom is 0.326 e. The summed E-state index contributed by atoms with van der Waals surface area (Å²) in [6.07, 6.45) is 1.97. The highest BCUT2D eigenvalue weighted by molar-refractivity contribution is 5.84. The number of H-pyrrole nitrogens is 1. The lowest BCUT2D eigenvalue weighted by Crippen LogP contribution is -2.47. The molecule has 0 aliphatic heterocycles. The molecule has 0 aliphatic rings. The summed E-state index contributed by atoms with van der Waals surface area (Å²) in [5.74, 6) is -0.784. The van der Waals surface area contributed by atoms with Crippen LogP contribution in [0.3, 0.4) is 0 Å². The quantitative estimate of drug-likeness (QED) is 0.214. The number of rotatable bonds is 13. The normalized spacial score (nSPS) is 11.3. The first-order chi connectivity index (χ1) is 18.7. The number of hydrogen-bond acceptors (Lipinski definition) is 9. The molecule has 39 heavy (non-hydrogen) atoms. The number of carbonyl (C=O) groups is 2. The number of nitrogens with one attached hydrogen (secondary N) is 1. The molecular weight excluding hydrogens is 506 g/mol. The fourth-order valence-electron chi connectivity index (χ4n) is 3.91. The van der Waals surface area contributed by atoms with Gasteiger partial charge in [-0.3, -0.25) is 4.79 Å². The number of tetrazole rings is 1. The second kappa shape index (κ2) is 15.8. The standard InChI is InChI=1S/C24H29N5O3.C2H6N2O3/c1-4-5-10-21(30)29(22(16(2)3)24(31)32)15-17-11-13-18(14-12-17)19-8-6-7-9-20(19)23-25-27-28-26-23;3-1-2-7-4(5)6/h6-9,11-14,16,22H,4-5,10,15H2,1-3H3,(H,31,32)(H,25,26,27,28);1-3H2/t22-;/m0./s1. The Bertz CT molecular complexity index is 1190. The summed E-state index contributed by atoms with van der Waals surface area (Å²) >= 11 is 0. The van der Waals surface area contributed by atoms with Crippen LogP contribution in [-0.4, -0.2) is 66.8 Å².